The molecule has 0 aromatic rings. The van der Waals surface area contributed by atoms with E-state index in [1.54, 1.807) is 0 Å². The number of rotatable bonds is 42. The van der Waals surface area contributed by atoms with E-state index in [1.165, 1.54) is 167 Å². The SMILES string of the molecule is CCCCCCCCCCCC/C=C\CCCCCCCCC(O)C(=O)NC(CO)C(O)C(O)CCC/C=C/CCCCCCCCCCCCCC. The number of carbonyl (C=O) groups is 1. The highest BCUT2D eigenvalue weighted by molar-refractivity contribution is 5.80. The summed E-state index contributed by atoms with van der Waals surface area (Å²) >= 11 is 0. The van der Waals surface area contributed by atoms with Crippen LogP contribution in [0.3, 0.4) is 0 Å². The van der Waals surface area contributed by atoms with Crippen molar-refractivity contribution in [1.29, 1.82) is 0 Å². The first-order chi connectivity index (χ1) is 26.0. The molecular formula is C47H91NO5. The maximum Gasteiger partial charge on any atom is 0.249 e. The van der Waals surface area contributed by atoms with Crippen LogP contribution in [0, 0.1) is 0 Å². The molecule has 6 heteroatoms. The number of hydrogen-bond donors (Lipinski definition) is 5. The number of unbranched alkanes of at least 4 members (excludes halogenated alkanes) is 29. The average Bonchev–Trinajstić information content (AvgIpc) is 3.16. The van der Waals surface area contributed by atoms with Gasteiger partial charge in [-0.2, -0.15) is 0 Å². The minimum absolute atomic E-state index is 0.357. The molecule has 0 aliphatic rings. The molecule has 0 saturated carbocycles. The Morgan fingerprint density at radius 3 is 1.13 bits per heavy atom. The molecule has 0 aromatic heterocycles. The maximum absolute atomic E-state index is 12.5. The second kappa shape index (κ2) is 41.9. The first-order valence-electron chi connectivity index (χ1n) is 23.2. The fourth-order valence-electron chi connectivity index (χ4n) is 7.16. The molecule has 0 aliphatic heterocycles. The summed E-state index contributed by atoms with van der Waals surface area (Å²) in [5.41, 5.74) is 0. The lowest BCUT2D eigenvalue weighted by Crippen LogP contribution is -2.53. The van der Waals surface area contributed by atoms with Crippen LogP contribution in [0.5, 0.6) is 0 Å². The first kappa shape index (κ1) is 51.8. The predicted molar refractivity (Wildman–Crippen MR) is 228 cm³/mol. The van der Waals surface area contributed by atoms with E-state index >= 15 is 0 Å². The van der Waals surface area contributed by atoms with E-state index in [4.69, 9.17) is 0 Å². The minimum Gasteiger partial charge on any atom is -0.394 e. The van der Waals surface area contributed by atoms with Gasteiger partial charge >= 0.3 is 0 Å². The predicted octanol–water partition coefficient (Wildman–Crippen LogP) is 12.4. The molecule has 0 bridgehead atoms. The van der Waals surface area contributed by atoms with Gasteiger partial charge < -0.3 is 25.7 Å². The van der Waals surface area contributed by atoms with Gasteiger partial charge in [-0.15, -0.1) is 0 Å². The van der Waals surface area contributed by atoms with Crippen LogP contribution < -0.4 is 5.32 Å². The molecule has 0 saturated heterocycles. The lowest BCUT2D eigenvalue weighted by molar-refractivity contribution is -0.132. The third-order valence-electron chi connectivity index (χ3n) is 10.9. The second-order valence-electron chi connectivity index (χ2n) is 16.1. The average molecular weight is 750 g/mol. The van der Waals surface area contributed by atoms with Crippen LogP contribution in [-0.2, 0) is 4.79 Å². The number of allylic oxidation sites excluding steroid dienone is 4. The van der Waals surface area contributed by atoms with Gasteiger partial charge in [0.2, 0.25) is 5.91 Å². The summed E-state index contributed by atoms with van der Waals surface area (Å²) in [4.78, 5) is 12.5. The second-order valence-corrected chi connectivity index (χ2v) is 16.1. The smallest absolute Gasteiger partial charge is 0.249 e. The number of amides is 1. The summed E-state index contributed by atoms with van der Waals surface area (Å²) in [5.74, 6) is -0.597. The largest absolute Gasteiger partial charge is 0.394 e. The Kier molecular flexibility index (Phi) is 41.0. The van der Waals surface area contributed by atoms with E-state index in [-0.39, 0.29) is 0 Å². The normalized spacial score (nSPS) is 14.3. The number of carbonyl (C=O) groups excluding carboxylic acids is 1. The van der Waals surface area contributed by atoms with E-state index in [9.17, 15) is 25.2 Å². The zero-order valence-electron chi connectivity index (χ0n) is 35.3. The van der Waals surface area contributed by atoms with Crippen LogP contribution in [0.15, 0.2) is 24.3 Å². The zero-order chi connectivity index (χ0) is 38.9. The fraction of sp³-hybridized carbons (Fsp3) is 0.894. The number of nitrogens with one attached hydrogen (secondary N) is 1. The molecule has 0 aromatic carbocycles. The molecule has 0 aliphatic carbocycles. The minimum atomic E-state index is -1.28. The molecule has 0 radical (unpaired) electrons. The zero-order valence-corrected chi connectivity index (χ0v) is 35.3. The lowest BCUT2D eigenvalue weighted by Gasteiger charge is -2.27. The van der Waals surface area contributed by atoms with Crippen molar-refractivity contribution in [3.63, 3.8) is 0 Å². The van der Waals surface area contributed by atoms with E-state index in [1.807, 2.05) is 0 Å². The van der Waals surface area contributed by atoms with Gasteiger partial charge in [-0.1, -0.05) is 199 Å². The summed E-state index contributed by atoms with van der Waals surface area (Å²) in [7, 11) is 0. The summed E-state index contributed by atoms with van der Waals surface area (Å²) in [5, 5.41) is 43.7. The van der Waals surface area contributed by atoms with E-state index in [0.29, 0.717) is 12.8 Å². The van der Waals surface area contributed by atoms with Crippen molar-refractivity contribution in [2.24, 2.45) is 0 Å². The first-order valence-corrected chi connectivity index (χ1v) is 23.2. The molecule has 0 rings (SSSR count). The van der Waals surface area contributed by atoms with Gasteiger partial charge in [0, 0.05) is 0 Å². The molecule has 314 valence electrons. The molecule has 0 heterocycles. The summed E-state index contributed by atoms with van der Waals surface area (Å²) in [6.45, 7) is 4.05. The Labute approximate surface area is 329 Å². The third kappa shape index (κ3) is 36.2. The molecule has 6 nitrogen and oxygen atoms in total. The van der Waals surface area contributed by atoms with Gasteiger partial charge in [0.25, 0.3) is 0 Å². The molecule has 0 spiro atoms. The van der Waals surface area contributed by atoms with Crippen LogP contribution in [0.25, 0.3) is 0 Å². The van der Waals surface area contributed by atoms with E-state index in [2.05, 4.69) is 43.5 Å². The van der Waals surface area contributed by atoms with Crippen molar-refractivity contribution in [3.05, 3.63) is 24.3 Å². The topological polar surface area (TPSA) is 110 Å². The number of aliphatic hydroxyl groups is 4. The molecular weight excluding hydrogens is 659 g/mol. The number of aliphatic hydroxyl groups excluding tert-OH is 4. The van der Waals surface area contributed by atoms with Gasteiger partial charge in [0.05, 0.1) is 18.8 Å². The van der Waals surface area contributed by atoms with E-state index in [0.717, 1.165) is 44.9 Å². The van der Waals surface area contributed by atoms with Crippen molar-refractivity contribution < 1.29 is 25.2 Å². The van der Waals surface area contributed by atoms with Gasteiger partial charge in [0.1, 0.15) is 12.2 Å². The maximum atomic E-state index is 12.5. The summed E-state index contributed by atoms with van der Waals surface area (Å²) in [6, 6.07) is -1.00. The van der Waals surface area contributed by atoms with Gasteiger partial charge in [-0.05, 0) is 64.2 Å². The standard InChI is InChI=1S/C47H91NO5/c1-3-5-7-9-11-13-15-17-19-21-22-23-25-27-29-31-33-35-37-39-41-45(51)47(53)48-43(42-49)46(52)44(50)40-38-36-34-32-30-28-26-24-20-18-16-14-12-10-8-6-4-2/h23,25,32,34,43-46,49-52H,3-22,24,26-31,33,35-42H2,1-2H3,(H,48,53)/b25-23-,34-32+. The fourth-order valence-corrected chi connectivity index (χ4v) is 7.16. The van der Waals surface area contributed by atoms with Crippen LogP contribution >= 0.6 is 0 Å². The van der Waals surface area contributed by atoms with E-state index < -0.39 is 36.9 Å². The van der Waals surface area contributed by atoms with Gasteiger partial charge in [0.15, 0.2) is 0 Å². The van der Waals surface area contributed by atoms with Crippen LogP contribution in [0.2, 0.25) is 0 Å². The Morgan fingerprint density at radius 2 is 0.774 bits per heavy atom. The van der Waals surface area contributed by atoms with Crippen molar-refractivity contribution in [1.82, 2.24) is 5.32 Å². The highest BCUT2D eigenvalue weighted by atomic mass is 16.3. The monoisotopic (exact) mass is 750 g/mol. The quantitative estimate of drug-likeness (QED) is 0.0315. The highest BCUT2D eigenvalue weighted by Gasteiger charge is 2.28. The summed E-state index contributed by atoms with van der Waals surface area (Å²) in [6.07, 6.45) is 47.8. The Bertz CT molecular complexity index is 802. The van der Waals surface area contributed by atoms with Crippen molar-refractivity contribution >= 4 is 5.91 Å². The van der Waals surface area contributed by atoms with Crippen LogP contribution in [0.1, 0.15) is 239 Å². The molecule has 5 N–H and O–H groups in total. The number of hydrogen-bond acceptors (Lipinski definition) is 5. The van der Waals surface area contributed by atoms with Crippen LogP contribution in [-0.4, -0.2) is 57.3 Å². The molecule has 53 heavy (non-hydrogen) atoms. The van der Waals surface area contributed by atoms with Crippen LogP contribution in [0.4, 0.5) is 0 Å². The molecule has 4 unspecified atom stereocenters. The van der Waals surface area contributed by atoms with Crippen molar-refractivity contribution in [3.8, 4) is 0 Å². The van der Waals surface area contributed by atoms with Gasteiger partial charge in [-0.3, -0.25) is 4.79 Å². The summed E-state index contributed by atoms with van der Waals surface area (Å²) < 4.78 is 0. The highest BCUT2D eigenvalue weighted by Crippen LogP contribution is 2.16. The molecule has 1 amide bonds. The van der Waals surface area contributed by atoms with Crippen molar-refractivity contribution in [2.75, 3.05) is 6.61 Å². The molecule has 4 atom stereocenters. The third-order valence-corrected chi connectivity index (χ3v) is 10.9. The Morgan fingerprint density at radius 1 is 0.453 bits per heavy atom. The Balaban J connectivity index is 3.76. The Hall–Kier alpha value is -1.21. The lowest BCUT2D eigenvalue weighted by atomic mass is 10.00. The molecule has 0 fully saturated rings. The van der Waals surface area contributed by atoms with Crippen molar-refractivity contribution in [2.45, 2.75) is 263 Å². The van der Waals surface area contributed by atoms with Gasteiger partial charge in [-0.25, -0.2) is 0 Å².